The number of hydrogen-bond donors (Lipinski definition) is 1. The van der Waals surface area contributed by atoms with Gasteiger partial charge in [0.1, 0.15) is 0 Å². The van der Waals surface area contributed by atoms with E-state index in [-0.39, 0.29) is 0 Å². The Bertz CT molecular complexity index is 244. The predicted molar refractivity (Wildman–Crippen MR) is 52.6 cm³/mol. The zero-order valence-corrected chi connectivity index (χ0v) is 8.75. The lowest BCUT2D eigenvalue weighted by Gasteiger charge is -2.11. The molecule has 0 saturated heterocycles. The van der Waals surface area contributed by atoms with Gasteiger partial charge in [0.2, 0.25) is 0 Å². The molecule has 0 radical (unpaired) electrons. The third-order valence-corrected chi connectivity index (χ3v) is 2.27. The van der Waals surface area contributed by atoms with E-state index < -0.39 is 0 Å². The van der Waals surface area contributed by atoms with Crippen molar-refractivity contribution in [2.75, 3.05) is 5.88 Å². The van der Waals surface area contributed by atoms with Crippen LogP contribution in [-0.2, 0) is 13.6 Å². The van der Waals surface area contributed by atoms with Gasteiger partial charge in [-0.1, -0.05) is 12.1 Å². The minimum Gasteiger partial charge on any atom is -0.307 e. The highest BCUT2D eigenvalue weighted by Gasteiger charge is 2.04. The van der Waals surface area contributed by atoms with Crippen molar-refractivity contribution in [2.24, 2.45) is 7.05 Å². The highest BCUT2D eigenvalue weighted by molar-refractivity contribution is 6.18. The quantitative estimate of drug-likeness (QED) is 0.723. The maximum Gasteiger partial charge on any atom is 0.0964 e. The van der Waals surface area contributed by atoms with Crippen molar-refractivity contribution in [3.05, 3.63) is 11.9 Å². The first-order valence-electron chi connectivity index (χ1n) is 4.40. The molecule has 0 aromatic carbocycles. The molecule has 0 bridgehead atoms. The molecule has 1 unspecified atom stereocenters. The first kappa shape index (κ1) is 10.5. The molecular formula is C8H15ClN4. The minimum atomic E-state index is 0.365. The summed E-state index contributed by atoms with van der Waals surface area (Å²) in [5.41, 5.74) is 0.950. The van der Waals surface area contributed by atoms with Crippen LogP contribution in [0.5, 0.6) is 0 Å². The van der Waals surface area contributed by atoms with Gasteiger partial charge in [-0.2, -0.15) is 0 Å². The van der Waals surface area contributed by atoms with Gasteiger partial charge in [0.15, 0.2) is 0 Å². The number of aryl methyl sites for hydroxylation is 1. The molecule has 74 valence electrons. The summed E-state index contributed by atoms with van der Waals surface area (Å²) in [7, 11) is 1.86. The molecule has 0 aliphatic rings. The van der Waals surface area contributed by atoms with Gasteiger partial charge in [0, 0.05) is 31.7 Å². The topological polar surface area (TPSA) is 42.7 Å². The first-order chi connectivity index (χ1) is 6.26. The molecule has 1 heterocycles. The zero-order chi connectivity index (χ0) is 9.68. The fourth-order valence-corrected chi connectivity index (χ4v) is 1.36. The van der Waals surface area contributed by atoms with Crippen molar-refractivity contribution in [1.82, 2.24) is 20.3 Å². The molecule has 1 rings (SSSR count). The summed E-state index contributed by atoms with van der Waals surface area (Å²) in [6.07, 6.45) is 2.93. The lowest BCUT2D eigenvalue weighted by Crippen LogP contribution is -2.29. The monoisotopic (exact) mass is 202 g/mol. The van der Waals surface area contributed by atoms with Crippen molar-refractivity contribution in [2.45, 2.75) is 25.9 Å². The second-order valence-electron chi connectivity index (χ2n) is 3.02. The normalized spacial score (nSPS) is 13.2. The summed E-state index contributed by atoms with van der Waals surface area (Å²) in [4.78, 5) is 0. The Labute approximate surface area is 83.3 Å². The Morgan fingerprint density at radius 3 is 2.92 bits per heavy atom. The van der Waals surface area contributed by atoms with E-state index in [0.717, 1.165) is 18.7 Å². The largest absolute Gasteiger partial charge is 0.307 e. The molecule has 4 nitrogen and oxygen atoms in total. The number of rotatable bonds is 5. The zero-order valence-electron chi connectivity index (χ0n) is 8.00. The van der Waals surface area contributed by atoms with Crippen LogP contribution in [0.2, 0.25) is 0 Å². The average Bonchev–Trinajstić information content (AvgIpc) is 2.53. The fourth-order valence-electron chi connectivity index (χ4n) is 1.03. The number of alkyl halides is 1. The van der Waals surface area contributed by atoms with E-state index in [0.29, 0.717) is 11.9 Å². The first-order valence-corrected chi connectivity index (χ1v) is 4.94. The van der Waals surface area contributed by atoms with Crippen LogP contribution in [0.25, 0.3) is 0 Å². The van der Waals surface area contributed by atoms with Gasteiger partial charge in [-0.15, -0.1) is 16.7 Å². The average molecular weight is 203 g/mol. The van der Waals surface area contributed by atoms with Gasteiger partial charge >= 0.3 is 0 Å². The lowest BCUT2D eigenvalue weighted by molar-refractivity contribution is 0.533. The van der Waals surface area contributed by atoms with Crippen LogP contribution in [0.15, 0.2) is 6.20 Å². The summed E-state index contributed by atoms with van der Waals surface area (Å²) in [6, 6.07) is 0.365. The van der Waals surface area contributed by atoms with E-state index in [1.807, 2.05) is 13.2 Å². The maximum absolute atomic E-state index is 5.74. The van der Waals surface area contributed by atoms with Crippen LogP contribution < -0.4 is 5.32 Å². The fraction of sp³-hybridized carbons (Fsp3) is 0.750. The van der Waals surface area contributed by atoms with Gasteiger partial charge < -0.3 is 5.32 Å². The van der Waals surface area contributed by atoms with E-state index in [1.165, 1.54) is 0 Å². The number of aromatic nitrogens is 3. The molecule has 1 aromatic rings. The van der Waals surface area contributed by atoms with E-state index in [4.69, 9.17) is 11.6 Å². The third-order valence-electron chi connectivity index (χ3n) is 1.90. The number of nitrogens with zero attached hydrogens (tertiary/aromatic N) is 3. The van der Waals surface area contributed by atoms with Gasteiger partial charge in [0.05, 0.1) is 5.69 Å². The summed E-state index contributed by atoms with van der Waals surface area (Å²) in [5, 5.41) is 11.1. The molecule has 0 aliphatic heterocycles. The van der Waals surface area contributed by atoms with Crippen molar-refractivity contribution in [3.63, 3.8) is 0 Å². The highest BCUT2D eigenvalue weighted by Crippen LogP contribution is 1.97. The van der Waals surface area contributed by atoms with Crippen LogP contribution in [0.1, 0.15) is 19.0 Å². The van der Waals surface area contributed by atoms with Gasteiger partial charge in [-0.05, 0) is 6.42 Å². The van der Waals surface area contributed by atoms with Gasteiger partial charge in [-0.25, -0.2) is 0 Å². The Morgan fingerprint density at radius 1 is 1.69 bits per heavy atom. The van der Waals surface area contributed by atoms with Gasteiger partial charge in [0.25, 0.3) is 0 Å². The second-order valence-corrected chi connectivity index (χ2v) is 3.33. The Morgan fingerprint density at radius 2 is 2.46 bits per heavy atom. The molecule has 1 atom stereocenters. The molecule has 0 aliphatic carbocycles. The number of nitrogens with one attached hydrogen (secondary N) is 1. The standard InChI is InChI=1S/C8H15ClN4/c1-3-7(4-9)10-5-8-6-13(2)12-11-8/h6-7,10H,3-5H2,1-2H3. The van der Waals surface area contributed by atoms with Crippen molar-refractivity contribution in [3.8, 4) is 0 Å². The molecule has 13 heavy (non-hydrogen) atoms. The molecule has 0 fully saturated rings. The van der Waals surface area contributed by atoms with E-state index >= 15 is 0 Å². The van der Waals surface area contributed by atoms with E-state index in [2.05, 4.69) is 22.6 Å². The van der Waals surface area contributed by atoms with Crippen LogP contribution in [-0.4, -0.2) is 26.9 Å². The molecular weight excluding hydrogens is 188 g/mol. The molecule has 1 N–H and O–H groups in total. The summed E-state index contributed by atoms with van der Waals surface area (Å²) >= 11 is 5.74. The smallest absolute Gasteiger partial charge is 0.0964 e. The molecule has 5 heteroatoms. The minimum absolute atomic E-state index is 0.365. The maximum atomic E-state index is 5.74. The van der Waals surface area contributed by atoms with E-state index in [9.17, 15) is 0 Å². The summed E-state index contributed by atoms with van der Waals surface area (Å²) in [6.45, 7) is 2.84. The third kappa shape index (κ3) is 3.32. The lowest BCUT2D eigenvalue weighted by atomic mass is 10.2. The highest BCUT2D eigenvalue weighted by atomic mass is 35.5. The Balaban J connectivity index is 2.33. The Kier molecular flexibility index (Phi) is 4.18. The van der Waals surface area contributed by atoms with Crippen molar-refractivity contribution in [1.29, 1.82) is 0 Å². The molecule has 0 amide bonds. The van der Waals surface area contributed by atoms with Gasteiger partial charge in [-0.3, -0.25) is 4.68 Å². The van der Waals surface area contributed by atoms with Crippen molar-refractivity contribution >= 4 is 11.6 Å². The number of hydrogen-bond acceptors (Lipinski definition) is 3. The predicted octanol–water partition coefficient (Wildman–Crippen LogP) is 0.922. The van der Waals surface area contributed by atoms with Crippen molar-refractivity contribution < 1.29 is 0 Å². The van der Waals surface area contributed by atoms with Crippen LogP contribution >= 0.6 is 11.6 Å². The second kappa shape index (κ2) is 5.19. The van der Waals surface area contributed by atoms with Crippen LogP contribution in [0.3, 0.4) is 0 Å². The Hall–Kier alpha value is -0.610. The SMILES string of the molecule is CCC(CCl)NCc1cn(C)nn1. The summed E-state index contributed by atoms with van der Waals surface area (Å²) < 4.78 is 1.69. The number of halogens is 1. The molecule has 0 spiro atoms. The summed E-state index contributed by atoms with van der Waals surface area (Å²) in [5.74, 6) is 0.636. The van der Waals surface area contributed by atoms with Crippen LogP contribution in [0, 0.1) is 0 Å². The molecule has 1 aromatic heterocycles. The van der Waals surface area contributed by atoms with E-state index in [1.54, 1.807) is 4.68 Å². The van der Waals surface area contributed by atoms with Crippen LogP contribution in [0.4, 0.5) is 0 Å². The molecule has 0 saturated carbocycles.